The molecule has 1 aliphatic carbocycles. The Morgan fingerprint density at radius 1 is 0.824 bits per heavy atom. The Hall–Kier alpha value is -4.95. The number of carbonyl (C=O) groups excluding carboxylic acids is 2. The fourth-order valence-electron chi connectivity index (χ4n) is 5.55. The molecule has 0 saturated carbocycles. The largest absolute Gasteiger partial charge is 0.477 e. The van der Waals surface area contributed by atoms with Gasteiger partial charge in [0.15, 0.2) is 0 Å². The predicted molar refractivity (Wildman–Crippen MR) is 174 cm³/mol. The molecule has 3 amide bonds. The van der Waals surface area contributed by atoms with Crippen LogP contribution in [0.15, 0.2) is 72.8 Å². The van der Waals surface area contributed by atoms with Crippen LogP contribution in [0.2, 0.25) is 0 Å². The van der Waals surface area contributed by atoms with Gasteiger partial charge in [-0.2, -0.15) is 35.1 Å². The molecule has 3 aromatic rings. The maximum atomic E-state index is 13.6. The molecule has 0 heterocycles. The summed E-state index contributed by atoms with van der Waals surface area (Å²) in [4.78, 5) is 37.7. The van der Waals surface area contributed by atoms with Crippen LogP contribution >= 0.6 is 0 Å². The molecule has 15 heteroatoms. The lowest BCUT2D eigenvalue weighted by Crippen LogP contribution is -2.42. The van der Waals surface area contributed by atoms with E-state index in [2.05, 4.69) is 32.2 Å². The molecule has 274 valence electrons. The van der Waals surface area contributed by atoms with Crippen LogP contribution in [-0.4, -0.2) is 35.5 Å². The second kappa shape index (κ2) is 14.7. The lowest BCUT2D eigenvalue weighted by molar-refractivity contribution is -0.163. The predicted octanol–water partition coefficient (Wildman–Crippen LogP) is 9.64. The highest BCUT2D eigenvalue weighted by Crippen LogP contribution is 2.40. The zero-order chi connectivity index (χ0) is 37.9. The molecule has 3 aromatic carbocycles. The zero-order valence-electron chi connectivity index (χ0n) is 27.7. The number of nitrogens with zero attached hydrogens (tertiary/aromatic N) is 1. The fraction of sp³-hybridized carbons (Fsp3) is 0.361. The molecule has 1 aliphatic rings. The van der Waals surface area contributed by atoms with Gasteiger partial charge >= 0.3 is 30.3 Å². The van der Waals surface area contributed by atoms with Gasteiger partial charge in [0.05, 0.1) is 24.2 Å². The van der Waals surface area contributed by atoms with Crippen molar-refractivity contribution in [1.29, 1.82) is 0 Å². The summed E-state index contributed by atoms with van der Waals surface area (Å²) in [5, 5.41) is 12.5. The number of anilines is 2. The van der Waals surface area contributed by atoms with Crippen LogP contribution in [-0.2, 0) is 23.7 Å². The third-order valence-electron chi connectivity index (χ3n) is 8.61. The van der Waals surface area contributed by atoms with Gasteiger partial charge in [-0.05, 0) is 89.8 Å². The molecule has 7 nitrogen and oxygen atoms in total. The molecular formula is C36H35F8N3O4. The van der Waals surface area contributed by atoms with Gasteiger partial charge in [-0.3, -0.25) is 9.69 Å². The van der Waals surface area contributed by atoms with Crippen molar-refractivity contribution < 1.29 is 54.6 Å². The molecule has 3 N–H and O–H groups in total. The van der Waals surface area contributed by atoms with Crippen LogP contribution in [0, 0.1) is 11.3 Å². The first-order valence-electron chi connectivity index (χ1n) is 15.7. The van der Waals surface area contributed by atoms with Gasteiger partial charge in [0.25, 0.3) is 5.91 Å². The van der Waals surface area contributed by atoms with Gasteiger partial charge in [0.2, 0.25) is 0 Å². The molecule has 51 heavy (non-hydrogen) atoms. The van der Waals surface area contributed by atoms with Gasteiger partial charge in [0.1, 0.15) is 0 Å². The van der Waals surface area contributed by atoms with Crippen molar-refractivity contribution in [3.63, 3.8) is 0 Å². The Bertz CT molecular complexity index is 1750. The zero-order valence-corrected chi connectivity index (χ0v) is 27.7. The van der Waals surface area contributed by atoms with Gasteiger partial charge in [-0.25, -0.2) is 9.59 Å². The normalized spacial score (nSPS) is 15.5. The van der Waals surface area contributed by atoms with Crippen LogP contribution in [0.5, 0.6) is 0 Å². The van der Waals surface area contributed by atoms with Crippen LogP contribution in [0.3, 0.4) is 0 Å². The molecule has 0 radical (unpaired) electrons. The first kappa shape index (κ1) is 38.8. The van der Waals surface area contributed by atoms with E-state index in [0.29, 0.717) is 23.6 Å². The summed E-state index contributed by atoms with van der Waals surface area (Å²) in [7, 11) is 0. The van der Waals surface area contributed by atoms with Gasteiger partial charge in [0, 0.05) is 16.9 Å². The van der Waals surface area contributed by atoms with Crippen LogP contribution < -0.4 is 15.5 Å². The third-order valence-corrected chi connectivity index (χ3v) is 8.61. The van der Waals surface area contributed by atoms with Crippen LogP contribution in [0.25, 0.3) is 5.57 Å². The number of carboxylic acids is 1. The number of hydrogen-bond donors (Lipinski definition) is 3. The van der Waals surface area contributed by atoms with Crippen molar-refractivity contribution in [1.82, 2.24) is 5.32 Å². The minimum Gasteiger partial charge on any atom is -0.477 e. The number of carboxylic acid groups (broad SMARTS) is 1. The number of carbonyl (C=O) groups is 3. The lowest BCUT2D eigenvalue weighted by Gasteiger charge is -2.33. The Balaban J connectivity index is 1.63. The molecule has 1 unspecified atom stereocenters. The standard InChI is InChI=1S/C36H35F8N3O4/c1-33(2,3)25-12-8-22(9-13-25)23-10-14-29(15-11-23)47(19-21-4-6-24(7-5-21)30(48)45-20-34(37,38)31(49)50)32(51)46-28-17-26(35(39,40)41)16-27(18-28)36(42,43)44/h4-8,10-11,14-18,25H,9,12-13,19-20H2,1-3H3,(H,45,48)(H,46,51)(H,49,50). The van der Waals surface area contributed by atoms with E-state index in [1.54, 1.807) is 24.3 Å². The van der Waals surface area contributed by atoms with Crippen LogP contribution in [0.4, 0.5) is 51.3 Å². The van der Waals surface area contributed by atoms with E-state index in [-0.39, 0.29) is 29.3 Å². The van der Waals surface area contributed by atoms with Crippen molar-refractivity contribution in [3.05, 3.63) is 101 Å². The molecule has 0 aliphatic heterocycles. The van der Waals surface area contributed by atoms with Crippen LogP contribution in [0.1, 0.15) is 72.6 Å². The Morgan fingerprint density at radius 3 is 1.86 bits per heavy atom. The van der Waals surface area contributed by atoms with E-state index in [0.717, 1.165) is 35.3 Å². The van der Waals surface area contributed by atoms with Crippen molar-refractivity contribution in [2.24, 2.45) is 11.3 Å². The molecule has 0 saturated heterocycles. The number of alkyl halides is 8. The maximum absolute atomic E-state index is 13.6. The Morgan fingerprint density at radius 2 is 1.39 bits per heavy atom. The summed E-state index contributed by atoms with van der Waals surface area (Å²) in [5.74, 6) is -7.14. The minimum absolute atomic E-state index is 0.0592. The Kier molecular flexibility index (Phi) is 11.2. The lowest BCUT2D eigenvalue weighted by atomic mass is 9.72. The number of aliphatic carboxylic acids is 1. The van der Waals surface area contributed by atoms with E-state index in [1.807, 2.05) is 5.32 Å². The van der Waals surface area contributed by atoms with Crippen molar-refractivity contribution in [3.8, 4) is 0 Å². The highest BCUT2D eigenvalue weighted by Gasteiger charge is 2.39. The number of allylic oxidation sites excluding steroid dienone is 2. The summed E-state index contributed by atoms with van der Waals surface area (Å²) >= 11 is 0. The second-order valence-corrected chi connectivity index (χ2v) is 13.3. The Labute approximate surface area is 288 Å². The van der Waals surface area contributed by atoms with Crippen molar-refractivity contribution in [2.75, 3.05) is 16.8 Å². The number of benzene rings is 3. The number of urea groups is 1. The van der Waals surface area contributed by atoms with E-state index in [4.69, 9.17) is 5.11 Å². The van der Waals surface area contributed by atoms with Gasteiger partial charge in [-0.1, -0.05) is 51.1 Å². The van der Waals surface area contributed by atoms with Gasteiger partial charge < -0.3 is 15.7 Å². The molecule has 0 bridgehead atoms. The van der Waals surface area contributed by atoms with Crippen molar-refractivity contribution in [2.45, 2.75) is 64.9 Å². The van der Waals surface area contributed by atoms with E-state index >= 15 is 0 Å². The van der Waals surface area contributed by atoms with Crippen molar-refractivity contribution >= 4 is 34.9 Å². The van der Waals surface area contributed by atoms with E-state index in [9.17, 15) is 49.5 Å². The summed E-state index contributed by atoms with van der Waals surface area (Å²) in [5.41, 5.74) is -1.43. The molecule has 0 fully saturated rings. The average Bonchev–Trinajstić information content (AvgIpc) is 3.05. The highest BCUT2D eigenvalue weighted by atomic mass is 19.4. The van der Waals surface area contributed by atoms with Gasteiger partial charge in [-0.15, -0.1) is 0 Å². The van der Waals surface area contributed by atoms with E-state index < -0.39 is 59.5 Å². The first-order valence-corrected chi connectivity index (χ1v) is 15.7. The summed E-state index contributed by atoms with van der Waals surface area (Å²) in [6, 6.07) is 11.5. The summed E-state index contributed by atoms with van der Waals surface area (Å²) in [6.07, 6.45) is -5.47. The number of nitrogens with one attached hydrogen (secondary N) is 2. The summed E-state index contributed by atoms with van der Waals surface area (Å²) in [6.45, 7) is 4.79. The first-order chi connectivity index (χ1) is 23.5. The quantitative estimate of drug-likeness (QED) is 0.192. The number of hydrogen-bond acceptors (Lipinski definition) is 3. The highest BCUT2D eigenvalue weighted by molar-refractivity contribution is 6.02. The molecular weight excluding hydrogens is 690 g/mol. The summed E-state index contributed by atoms with van der Waals surface area (Å²) < 4.78 is 108. The van der Waals surface area contributed by atoms with E-state index in [1.165, 1.54) is 24.3 Å². The SMILES string of the molecule is CC(C)(C)C1CC=C(c2ccc(N(Cc3ccc(C(=O)NCC(F)(F)C(=O)O)cc3)C(=O)Nc3cc(C(F)(F)F)cc(C(F)(F)F)c3)cc2)CC1. The smallest absolute Gasteiger partial charge is 0.416 e. The average molecular weight is 726 g/mol. The minimum atomic E-state index is -5.14. The maximum Gasteiger partial charge on any atom is 0.416 e. The molecule has 0 spiro atoms. The second-order valence-electron chi connectivity index (χ2n) is 13.3. The molecule has 0 aromatic heterocycles. The topological polar surface area (TPSA) is 98.7 Å². The number of amides is 3. The third kappa shape index (κ3) is 10.1. The molecule has 1 atom stereocenters. The number of halogens is 8. The fourth-order valence-corrected chi connectivity index (χ4v) is 5.55. The monoisotopic (exact) mass is 725 g/mol. The molecule has 4 rings (SSSR count). The number of rotatable bonds is 9.